The molecule has 0 aromatic heterocycles. The SMILES string of the molecule is O=C(Nc1ccc(OCc2ccccc2)cc1)C(Cc1ccccc1)NC=CC(=O)C(F)(F)F. The van der Waals surface area contributed by atoms with Crippen molar-refractivity contribution < 1.29 is 27.5 Å². The first-order valence-corrected chi connectivity index (χ1v) is 10.5. The van der Waals surface area contributed by atoms with Gasteiger partial charge in [-0.15, -0.1) is 0 Å². The number of anilines is 1. The van der Waals surface area contributed by atoms with Crippen molar-refractivity contribution >= 4 is 17.4 Å². The Morgan fingerprint density at radius 3 is 2.03 bits per heavy atom. The monoisotopic (exact) mass is 468 g/mol. The van der Waals surface area contributed by atoms with Gasteiger partial charge in [0, 0.05) is 24.4 Å². The second-order valence-corrected chi connectivity index (χ2v) is 7.39. The summed E-state index contributed by atoms with van der Waals surface area (Å²) in [6.45, 7) is 0.401. The van der Waals surface area contributed by atoms with E-state index < -0.39 is 23.9 Å². The average Bonchev–Trinajstić information content (AvgIpc) is 2.83. The number of hydrogen-bond donors (Lipinski definition) is 2. The van der Waals surface area contributed by atoms with Crippen molar-refractivity contribution in [3.05, 3.63) is 108 Å². The predicted molar refractivity (Wildman–Crippen MR) is 123 cm³/mol. The second-order valence-electron chi connectivity index (χ2n) is 7.39. The van der Waals surface area contributed by atoms with Crippen molar-refractivity contribution in [2.24, 2.45) is 0 Å². The Hall–Kier alpha value is -4.07. The van der Waals surface area contributed by atoms with Crippen molar-refractivity contribution in [3.63, 3.8) is 0 Å². The summed E-state index contributed by atoms with van der Waals surface area (Å²) < 4.78 is 43.0. The molecule has 5 nitrogen and oxygen atoms in total. The highest BCUT2D eigenvalue weighted by Crippen LogP contribution is 2.18. The third-order valence-electron chi connectivity index (χ3n) is 4.78. The number of rotatable bonds is 10. The van der Waals surface area contributed by atoms with Gasteiger partial charge in [-0.3, -0.25) is 9.59 Å². The molecule has 1 unspecified atom stereocenters. The number of nitrogens with one attached hydrogen (secondary N) is 2. The van der Waals surface area contributed by atoms with Gasteiger partial charge in [0.15, 0.2) is 0 Å². The van der Waals surface area contributed by atoms with Gasteiger partial charge in [0.2, 0.25) is 5.91 Å². The fourth-order valence-corrected chi connectivity index (χ4v) is 3.02. The molecule has 3 aromatic rings. The first-order valence-electron chi connectivity index (χ1n) is 10.5. The van der Waals surface area contributed by atoms with E-state index in [0.29, 0.717) is 24.1 Å². The molecule has 1 amide bonds. The van der Waals surface area contributed by atoms with Gasteiger partial charge in [0.1, 0.15) is 18.4 Å². The lowest BCUT2D eigenvalue weighted by molar-refractivity contribution is -0.165. The van der Waals surface area contributed by atoms with E-state index in [1.54, 1.807) is 48.5 Å². The number of halogens is 3. The third-order valence-corrected chi connectivity index (χ3v) is 4.78. The van der Waals surface area contributed by atoms with E-state index in [0.717, 1.165) is 17.3 Å². The number of allylic oxidation sites excluding steroid dienone is 1. The zero-order valence-electron chi connectivity index (χ0n) is 18.1. The summed E-state index contributed by atoms with van der Waals surface area (Å²) >= 11 is 0. The molecule has 34 heavy (non-hydrogen) atoms. The van der Waals surface area contributed by atoms with Crippen LogP contribution in [0, 0.1) is 0 Å². The molecule has 2 N–H and O–H groups in total. The summed E-state index contributed by atoms with van der Waals surface area (Å²) in [4.78, 5) is 23.9. The van der Waals surface area contributed by atoms with Crippen LogP contribution < -0.4 is 15.4 Å². The molecule has 8 heteroatoms. The lowest BCUT2D eigenvalue weighted by Crippen LogP contribution is -2.39. The van der Waals surface area contributed by atoms with Crippen molar-refractivity contribution in [2.45, 2.75) is 25.2 Å². The molecule has 0 spiro atoms. The molecule has 0 saturated carbocycles. The van der Waals surface area contributed by atoms with Crippen LogP contribution in [0.2, 0.25) is 0 Å². The summed E-state index contributed by atoms with van der Waals surface area (Å²) in [5, 5.41) is 5.34. The fourth-order valence-electron chi connectivity index (χ4n) is 3.02. The van der Waals surface area contributed by atoms with Gasteiger partial charge in [0.05, 0.1) is 0 Å². The van der Waals surface area contributed by atoms with E-state index in [1.165, 1.54) is 0 Å². The maximum Gasteiger partial charge on any atom is 0.454 e. The zero-order valence-corrected chi connectivity index (χ0v) is 18.1. The molecule has 0 heterocycles. The van der Waals surface area contributed by atoms with Crippen LogP contribution in [0.25, 0.3) is 0 Å². The van der Waals surface area contributed by atoms with Crippen LogP contribution in [0.4, 0.5) is 18.9 Å². The van der Waals surface area contributed by atoms with Crippen LogP contribution in [0.3, 0.4) is 0 Å². The van der Waals surface area contributed by atoms with Gasteiger partial charge in [-0.05, 0) is 35.4 Å². The Labute approximate surface area is 195 Å². The first kappa shape index (κ1) is 24.6. The summed E-state index contributed by atoms with van der Waals surface area (Å²) in [5.41, 5.74) is 2.31. The van der Waals surface area contributed by atoms with Crippen LogP contribution in [0.1, 0.15) is 11.1 Å². The van der Waals surface area contributed by atoms with Gasteiger partial charge in [-0.2, -0.15) is 13.2 Å². The van der Waals surface area contributed by atoms with Crippen LogP contribution in [0.5, 0.6) is 5.75 Å². The Balaban J connectivity index is 1.63. The number of ether oxygens (including phenoxy) is 1. The minimum Gasteiger partial charge on any atom is -0.489 e. The molecule has 3 rings (SSSR count). The third kappa shape index (κ3) is 7.81. The van der Waals surface area contributed by atoms with Crippen LogP contribution in [-0.2, 0) is 22.6 Å². The van der Waals surface area contributed by atoms with Crippen LogP contribution in [-0.4, -0.2) is 23.9 Å². The summed E-state index contributed by atoms with van der Waals surface area (Å²) in [5.74, 6) is -1.86. The lowest BCUT2D eigenvalue weighted by atomic mass is 10.1. The Bertz CT molecular complexity index is 1100. The summed E-state index contributed by atoms with van der Waals surface area (Å²) in [6.07, 6.45) is -3.55. The van der Waals surface area contributed by atoms with E-state index >= 15 is 0 Å². The standard InChI is InChI=1S/C26H23F3N2O3/c27-26(28,29)24(32)15-16-30-23(17-19-7-3-1-4-8-19)25(33)31-21-11-13-22(14-12-21)34-18-20-9-5-2-6-10-20/h1-16,23,30H,17-18H2,(H,31,33). The average molecular weight is 468 g/mol. The first-order chi connectivity index (χ1) is 16.3. The van der Waals surface area contributed by atoms with Crippen molar-refractivity contribution in [2.75, 3.05) is 5.32 Å². The van der Waals surface area contributed by atoms with Gasteiger partial charge in [-0.25, -0.2) is 0 Å². The highest BCUT2D eigenvalue weighted by atomic mass is 19.4. The normalized spacial score (nSPS) is 12.2. The molecule has 0 aliphatic rings. The van der Waals surface area contributed by atoms with Crippen LogP contribution >= 0.6 is 0 Å². The number of amides is 1. The number of benzene rings is 3. The number of hydrogen-bond acceptors (Lipinski definition) is 4. The Morgan fingerprint density at radius 2 is 1.44 bits per heavy atom. The molecule has 0 aliphatic carbocycles. The molecule has 0 fully saturated rings. The number of alkyl halides is 3. The highest BCUT2D eigenvalue weighted by Gasteiger charge is 2.36. The molecule has 0 radical (unpaired) electrons. The zero-order chi connectivity index (χ0) is 24.4. The maximum absolute atomic E-state index is 12.8. The quantitative estimate of drug-likeness (QED) is 0.409. The summed E-state index contributed by atoms with van der Waals surface area (Å²) in [6, 6.07) is 24.5. The van der Waals surface area contributed by atoms with Gasteiger partial charge in [0.25, 0.3) is 5.78 Å². The van der Waals surface area contributed by atoms with E-state index in [2.05, 4.69) is 10.6 Å². The van der Waals surface area contributed by atoms with Crippen LogP contribution in [0.15, 0.2) is 97.2 Å². The summed E-state index contributed by atoms with van der Waals surface area (Å²) in [7, 11) is 0. The molecular weight excluding hydrogens is 445 g/mol. The molecule has 0 bridgehead atoms. The minimum absolute atomic E-state index is 0.204. The van der Waals surface area contributed by atoms with Gasteiger partial charge >= 0.3 is 6.18 Å². The molecule has 3 aromatic carbocycles. The highest BCUT2D eigenvalue weighted by molar-refractivity contribution is 5.96. The molecule has 0 aliphatic heterocycles. The van der Waals surface area contributed by atoms with E-state index in [4.69, 9.17) is 4.74 Å². The van der Waals surface area contributed by atoms with Gasteiger partial charge in [-0.1, -0.05) is 60.7 Å². The number of carbonyl (C=O) groups excluding carboxylic acids is 2. The fraction of sp³-hybridized carbons (Fsp3) is 0.154. The number of ketones is 1. The Morgan fingerprint density at radius 1 is 0.853 bits per heavy atom. The topological polar surface area (TPSA) is 67.4 Å². The molecule has 176 valence electrons. The largest absolute Gasteiger partial charge is 0.489 e. The number of carbonyl (C=O) groups is 2. The van der Waals surface area contributed by atoms with Crippen molar-refractivity contribution in [1.29, 1.82) is 0 Å². The van der Waals surface area contributed by atoms with E-state index in [1.807, 2.05) is 36.4 Å². The molecular formula is C26H23F3N2O3. The van der Waals surface area contributed by atoms with Crippen molar-refractivity contribution in [3.8, 4) is 5.75 Å². The smallest absolute Gasteiger partial charge is 0.454 e. The second kappa shape index (κ2) is 11.7. The predicted octanol–water partition coefficient (Wildman–Crippen LogP) is 5.05. The van der Waals surface area contributed by atoms with Crippen molar-refractivity contribution in [1.82, 2.24) is 5.32 Å². The Kier molecular flexibility index (Phi) is 8.45. The molecule has 0 saturated heterocycles. The van der Waals surface area contributed by atoms with E-state index in [9.17, 15) is 22.8 Å². The lowest BCUT2D eigenvalue weighted by Gasteiger charge is -2.18. The maximum atomic E-state index is 12.8. The van der Waals surface area contributed by atoms with E-state index in [-0.39, 0.29) is 6.42 Å². The molecule has 1 atom stereocenters. The van der Waals surface area contributed by atoms with Gasteiger partial charge < -0.3 is 15.4 Å². The minimum atomic E-state index is -4.97.